The molecule has 0 unspecified atom stereocenters. The number of rotatable bonds is 2. The molecule has 0 bridgehead atoms. The lowest BCUT2D eigenvalue weighted by Gasteiger charge is -2.35. The lowest BCUT2D eigenvalue weighted by atomic mass is 9.96. The van der Waals surface area contributed by atoms with Gasteiger partial charge in [-0.15, -0.1) is 0 Å². The van der Waals surface area contributed by atoms with Gasteiger partial charge in [0.2, 0.25) is 0 Å². The Hall–Kier alpha value is -2.50. The molecule has 1 aromatic carbocycles. The third kappa shape index (κ3) is 3.95. The quantitative estimate of drug-likeness (QED) is 0.842. The zero-order chi connectivity index (χ0) is 18.0. The van der Waals surface area contributed by atoms with Crippen LogP contribution in [0, 0.1) is 5.82 Å². The van der Waals surface area contributed by atoms with E-state index in [1.165, 1.54) is 12.1 Å². The van der Waals surface area contributed by atoms with Gasteiger partial charge in [0, 0.05) is 43.4 Å². The topological polar surface area (TPSA) is 49.3 Å². The summed E-state index contributed by atoms with van der Waals surface area (Å²) in [5.74, 6) is 1.18. The van der Waals surface area contributed by atoms with Gasteiger partial charge in [-0.05, 0) is 24.3 Å². The smallest absolute Gasteiger partial charge is 0.254 e. The van der Waals surface area contributed by atoms with E-state index < -0.39 is 0 Å². The van der Waals surface area contributed by atoms with Crippen molar-refractivity contribution >= 4 is 11.7 Å². The van der Waals surface area contributed by atoms with Gasteiger partial charge in [-0.25, -0.2) is 14.4 Å². The molecule has 2 aromatic rings. The van der Waals surface area contributed by atoms with Gasteiger partial charge >= 0.3 is 0 Å². The average molecular weight is 342 g/mol. The van der Waals surface area contributed by atoms with Crippen LogP contribution < -0.4 is 4.90 Å². The Morgan fingerprint density at radius 2 is 1.84 bits per heavy atom. The minimum atomic E-state index is -0.389. The van der Waals surface area contributed by atoms with E-state index in [2.05, 4.69) is 35.6 Å². The summed E-state index contributed by atoms with van der Waals surface area (Å²) in [7, 11) is 0. The van der Waals surface area contributed by atoms with Gasteiger partial charge in [-0.2, -0.15) is 0 Å². The molecule has 1 aliphatic rings. The van der Waals surface area contributed by atoms with Crippen LogP contribution in [0.25, 0.3) is 0 Å². The summed E-state index contributed by atoms with van der Waals surface area (Å²) < 4.78 is 13.3. The van der Waals surface area contributed by atoms with Crippen LogP contribution in [-0.2, 0) is 5.41 Å². The van der Waals surface area contributed by atoms with E-state index in [1.54, 1.807) is 23.2 Å². The largest absolute Gasteiger partial charge is 0.353 e. The number of piperazine rings is 1. The summed E-state index contributed by atoms with van der Waals surface area (Å²) >= 11 is 0. The van der Waals surface area contributed by atoms with E-state index in [-0.39, 0.29) is 17.1 Å². The first-order valence-corrected chi connectivity index (χ1v) is 8.48. The molecule has 0 saturated carbocycles. The number of carbonyl (C=O) groups excluding carboxylic acids is 1. The molecule has 25 heavy (non-hydrogen) atoms. The van der Waals surface area contributed by atoms with Gasteiger partial charge in [0.05, 0.1) is 0 Å². The van der Waals surface area contributed by atoms with Crippen LogP contribution in [0.5, 0.6) is 0 Å². The second-order valence-corrected chi connectivity index (χ2v) is 7.28. The highest BCUT2D eigenvalue weighted by Crippen LogP contribution is 2.21. The molecule has 6 heteroatoms. The third-order valence-corrected chi connectivity index (χ3v) is 4.27. The Bertz CT molecular complexity index is 764. The number of amides is 1. The zero-order valence-corrected chi connectivity index (χ0v) is 14.9. The summed E-state index contributed by atoms with van der Waals surface area (Å²) in [6.07, 6.45) is 1.78. The maximum atomic E-state index is 13.3. The van der Waals surface area contributed by atoms with E-state index in [0.717, 1.165) is 11.6 Å². The minimum absolute atomic E-state index is 0.106. The fourth-order valence-electron chi connectivity index (χ4n) is 2.83. The van der Waals surface area contributed by atoms with Crippen molar-refractivity contribution in [2.24, 2.45) is 0 Å². The molecule has 0 N–H and O–H groups in total. The molecule has 132 valence electrons. The minimum Gasteiger partial charge on any atom is -0.353 e. The van der Waals surface area contributed by atoms with Crippen LogP contribution in [-0.4, -0.2) is 47.0 Å². The van der Waals surface area contributed by atoms with Crippen LogP contribution in [0.15, 0.2) is 36.5 Å². The average Bonchev–Trinajstić information content (AvgIpc) is 2.61. The molecule has 5 nitrogen and oxygen atoms in total. The molecule has 0 radical (unpaired) electrons. The Morgan fingerprint density at radius 1 is 1.12 bits per heavy atom. The first kappa shape index (κ1) is 17.3. The highest BCUT2D eigenvalue weighted by molar-refractivity contribution is 5.94. The van der Waals surface area contributed by atoms with Crippen LogP contribution in [0.4, 0.5) is 10.2 Å². The summed E-state index contributed by atoms with van der Waals surface area (Å²) in [6.45, 7) is 8.82. The molecule has 1 fully saturated rings. The first-order valence-electron chi connectivity index (χ1n) is 8.48. The molecular weight excluding hydrogens is 319 g/mol. The number of nitrogens with zero attached hydrogens (tertiary/aromatic N) is 4. The summed E-state index contributed by atoms with van der Waals surface area (Å²) in [4.78, 5) is 25.4. The van der Waals surface area contributed by atoms with E-state index in [4.69, 9.17) is 0 Å². The second-order valence-electron chi connectivity index (χ2n) is 7.28. The number of hydrogen-bond donors (Lipinski definition) is 0. The number of halogens is 1. The van der Waals surface area contributed by atoms with Crippen molar-refractivity contribution in [2.75, 3.05) is 31.1 Å². The molecule has 1 aliphatic heterocycles. The monoisotopic (exact) mass is 342 g/mol. The molecule has 0 aliphatic carbocycles. The first-order chi connectivity index (χ1) is 11.8. The number of hydrogen-bond acceptors (Lipinski definition) is 4. The summed E-state index contributed by atoms with van der Waals surface area (Å²) in [5, 5.41) is 0. The van der Waals surface area contributed by atoms with Gasteiger partial charge in [0.1, 0.15) is 17.5 Å². The molecule has 1 saturated heterocycles. The van der Waals surface area contributed by atoms with Crippen LogP contribution in [0.2, 0.25) is 0 Å². The van der Waals surface area contributed by atoms with Crippen molar-refractivity contribution in [2.45, 2.75) is 26.2 Å². The molecule has 0 spiro atoms. The van der Waals surface area contributed by atoms with E-state index in [0.29, 0.717) is 31.7 Å². The fourth-order valence-corrected chi connectivity index (χ4v) is 2.83. The number of anilines is 1. The van der Waals surface area contributed by atoms with Gasteiger partial charge in [0.15, 0.2) is 0 Å². The molecule has 2 heterocycles. The molecule has 1 amide bonds. The van der Waals surface area contributed by atoms with Crippen LogP contribution in [0.3, 0.4) is 0 Å². The zero-order valence-electron chi connectivity index (χ0n) is 14.9. The Balaban J connectivity index is 1.67. The Labute approximate surface area is 147 Å². The van der Waals surface area contributed by atoms with Crippen LogP contribution >= 0.6 is 0 Å². The van der Waals surface area contributed by atoms with E-state index in [9.17, 15) is 9.18 Å². The maximum absolute atomic E-state index is 13.3. The second kappa shape index (κ2) is 6.78. The van der Waals surface area contributed by atoms with Crippen molar-refractivity contribution in [3.8, 4) is 0 Å². The lowest BCUT2D eigenvalue weighted by molar-refractivity contribution is 0.0746. The van der Waals surface area contributed by atoms with Crippen LogP contribution in [0.1, 0.15) is 37.0 Å². The molecule has 1 aromatic heterocycles. The van der Waals surface area contributed by atoms with Gasteiger partial charge in [-0.3, -0.25) is 4.79 Å². The van der Waals surface area contributed by atoms with Crippen molar-refractivity contribution < 1.29 is 9.18 Å². The highest BCUT2D eigenvalue weighted by atomic mass is 19.1. The molecule has 3 rings (SSSR count). The van der Waals surface area contributed by atoms with Gasteiger partial charge in [-0.1, -0.05) is 26.8 Å². The number of benzene rings is 1. The molecule has 0 atom stereocenters. The normalized spacial score (nSPS) is 15.4. The van der Waals surface area contributed by atoms with Gasteiger partial charge < -0.3 is 9.80 Å². The van der Waals surface area contributed by atoms with Crippen molar-refractivity contribution in [1.82, 2.24) is 14.9 Å². The maximum Gasteiger partial charge on any atom is 0.254 e. The third-order valence-electron chi connectivity index (χ3n) is 4.27. The molecular formula is C19H23FN4O. The predicted octanol–water partition coefficient (Wildman–Crippen LogP) is 2.88. The van der Waals surface area contributed by atoms with Crippen molar-refractivity contribution in [3.05, 3.63) is 53.7 Å². The number of aromatic nitrogens is 2. The van der Waals surface area contributed by atoms with E-state index in [1.807, 2.05) is 6.07 Å². The SMILES string of the molecule is CC(C)(C)c1nccc(N2CCN(C(=O)c3cccc(F)c3)CC2)n1. The standard InChI is InChI=1S/C19H23FN4O/c1-19(2,3)18-21-8-7-16(22-18)23-9-11-24(12-10-23)17(25)14-5-4-6-15(20)13-14/h4-8,13H,9-12H2,1-3H3. The Kier molecular flexibility index (Phi) is 4.70. The number of carbonyl (C=O) groups is 1. The Morgan fingerprint density at radius 3 is 2.48 bits per heavy atom. The predicted molar refractivity (Wildman–Crippen MR) is 95.2 cm³/mol. The fraction of sp³-hybridized carbons (Fsp3) is 0.421. The van der Waals surface area contributed by atoms with Crippen molar-refractivity contribution in [3.63, 3.8) is 0 Å². The summed E-state index contributed by atoms with van der Waals surface area (Å²) in [6, 6.07) is 7.75. The summed E-state index contributed by atoms with van der Waals surface area (Å²) in [5.41, 5.74) is 0.288. The lowest BCUT2D eigenvalue weighted by Crippen LogP contribution is -2.49. The van der Waals surface area contributed by atoms with E-state index >= 15 is 0 Å². The van der Waals surface area contributed by atoms with Crippen molar-refractivity contribution in [1.29, 1.82) is 0 Å². The highest BCUT2D eigenvalue weighted by Gasteiger charge is 2.24. The van der Waals surface area contributed by atoms with Gasteiger partial charge in [0.25, 0.3) is 5.91 Å².